The van der Waals surface area contributed by atoms with Gasteiger partial charge in [-0.05, 0) is 54.2 Å². The summed E-state index contributed by atoms with van der Waals surface area (Å²) in [5.74, 6) is 0.0800. The molecule has 3 rings (SSSR count). The number of nitrogens with zero attached hydrogens (tertiary/aromatic N) is 4. The maximum absolute atomic E-state index is 11.7. The maximum Gasteiger partial charge on any atom is 0.296 e. The van der Waals surface area contributed by atoms with Crippen LogP contribution in [0.3, 0.4) is 0 Å². The fourth-order valence-corrected chi connectivity index (χ4v) is 3.35. The molecule has 1 heterocycles. The van der Waals surface area contributed by atoms with Crippen molar-refractivity contribution >= 4 is 21.4 Å². The summed E-state index contributed by atoms with van der Waals surface area (Å²) in [6.07, 6.45) is 4.92. The van der Waals surface area contributed by atoms with Crippen LogP contribution in [0, 0.1) is 11.3 Å². The Balaban J connectivity index is 2.02. The van der Waals surface area contributed by atoms with Crippen LogP contribution in [-0.4, -0.2) is 33.6 Å². The summed E-state index contributed by atoms with van der Waals surface area (Å²) in [4.78, 5) is -0.218. The Bertz CT molecular complexity index is 928. The van der Waals surface area contributed by atoms with Gasteiger partial charge in [0, 0.05) is 6.20 Å². The Kier molecular flexibility index (Phi) is 4.28. The van der Waals surface area contributed by atoms with Crippen LogP contribution in [0.25, 0.3) is 5.57 Å². The van der Waals surface area contributed by atoms with Crippen LogP contribution >= 0.6 is 0 Å². The lowest BCUT2D eigenvalue weighted by molar-refractivity contribution is 0.483. The van der Waals surface area contributed by atoms with Crippen LogP contribution in [-0.2, 0) is 23.0 Å². The van der Waals surface area contributed by atoms with Gasteiger partial charge in [-0.3, -0.25) is 4.55 Å². The zero-order chi connectivity index (χ0) is 17.2. The van der Waals surface area contributed by atoms with Crippen LogP contribution in [0.2, 0.25) is 0 Å². The highest BCUT2D eigenvalue weighted by molar-refractivity contribution is 7.86. The number of aryl methyl sites for hydroxylation is 2. The Hall–Kier alpha value is -2.77. The first kappa shape index (κ1) is 16.1. The van der Waals surface area contributed by atoms with Gasteiger partial charge < -0.3 is 5.32 Å². The lowest BCUT2D eigenvalue weighted by Crippen LogP contribution is -2.09. The second-order valence-electron chi connectivity index (χ2n) is 5.35. The summed E-state index contributed by atoms with van der Waals surface area (Å²) < 4.78 is 32.8. The molecular formula is C14H14N6O3S. The number of nitriles is 1. The van der Waals surface area contributed by atoms with Crippen LogP contribution in [0.4, 0.5) is 5.69 Å². The monoisotopic (exact) mass is 346 g/mol. The summed E-state index contributed by atoms with van der Waals surface area (Å²) in [6.45, 7) is 0. The highest BCUT2D eigenvalue weighted by atomic mass is 32.2. The third kappa shape index (κ3) is 3.27. The molecule has 0 amide bonds. The molecule has 1 aromatic heterocycles. The molecule has 1 aliphatic rings. The van der Waals surface area contributed by atoms with Crippen LogP contribution in [0.15, 0.2) is 23.2 Å². The minimum Gasteiger partial charge on any atom is -0.359 e. The molecule has 124 valence electrons. The van der Waals surface area contributed by atoms with Gasteiger partial charge in [0.1, 0.15) is 16.5 Å². The standard InChI is InChI=1S/C14H14N6O3S/c15-7-11(14-17-19-20-18-14)8-16-12-5-9-3-1-2-4-10(9)6-13(12)24(21,22)23/h5-6,8,16H,1-4H2,(H,21,22,23)(H,17,18,19,20). The Morgan fingerprint density at radius 3 is 2.62 bits per heavy atom. The summed E-state index contributed by atoms with van der Waals surface area (Å²) in [5.41, 5.74) is 2.22. The SMILES string of the molecule is N#CC(=CNc1cc2c(cc1S(=O)(=O)O)CCCC2)c1nn[nH]n1. The molecule has 1 aliphatic carbocycles. The fraction of sp³-hybridized carbons (Fsp3) is 0.286. The Labute approximate surface area is 138 Å². The van der Waals surface area contributed by atoms with Crippen molar-refractivity contribution in [3.63, 3.8) is 0 Å². The molecule has 0 bridgehead atoms. The number of H-pyrrole nitrogens is 1. The van der Waals surface area contributed by atoms with Gasteiger partial charge in [-0.1, -0.05) is 0 Å². The second-order valence-corrected chi connectivity index (χ2v) is 6.74. The van der Waals surface area contributed by atoms with E-state index in [0.717, 1.165) is 36.8 Å². The topological polar surface area (TPSA) is 145 Å². The molecule has 3 N–H and O–H groups in total. The second kappa shape index (κ2) is 6.38. The van der Waals surface area contributed by atoms with Crippen molar-refractivity contribution in [1.82, 2.24) is 20.6 Å². The number of aromatic nitrogens is 4. The number of hydrogen-bond donors (Lipinski definition) is 3. The summed E-state index contributed by atoms with van der Waals surface area (Å²) in [6, 6.07) is 5.08. The number of tetrazole rings is 1. The number of allylic oxidation sites excluding steroid dienone is 1. The van der Waals surface area contributed by atoms with E-state index in [1.165, 1.54) is 12.3 Å². The molecule has 0 radical (unpaired) electrons. The van der Waals surface area contributed by atoms with Gasteiger partial charge in [-0.15, -0.1) is 10.2 Å². The van der Waals surface area contributed by atoms with Crippen LogP contribution < -0.4 is 5.32 Å². The summed E-state index contributed by atoms with van der Waals surface area (Å²) in [5, 5.41) is 24.9. The average Bonchev–Trinajstić information content (AvgIpc) is 3.08. The van der Waals surface area contributed by atoms with Crippen molar-refractivity contribution in [2.24, 2.45) is 0 Å². The van der Waals surface area contributed by atoms with Crippen LogP contribution in [0.1, 0.15) is 29.8 Å². The number of aromatic amines is 1. The maximum atomic E-state index is 11.7. The van der Waals surface area contributed by atoms with Crippen molar-refractivity contribution in [2.75, 3.05) is 5.32 Å². The van der Waals surface area contributed by atoms with E-state index in [2.05, 4.69) is 25.9 Å². The first-order valence-electron chi connectivity index (χ1n) is 7.23. The minimum absolute atomic E-state index is 0.0720. The predicted molar refractivity (Wildman–Crippen MR) is 84.3 cm³/mol. The predicted octanol–water partition coefficient (Wildman–Crippen LogP) is 1.30. The minimum atomic E-state index is -4.40. The lowest BCUT2D eigenvalue weighted by atomic mass is 9.91. The van der Waals surface area contributed by atoms with Crippen molar-refractivity contribution in [3.05, 3.63) is 35.3 Å². The van der Waals surface area contributed by atoms with E-state index in [9.17, 15) is 13.0 Å². The number of rotatable bonds is 4. The van der Waals surface area contributed by atoms with Crippen molar-refractivity contribution < 1.29 is 13.0 Å². The van der Waals surface area contributed by atoms with Gasteiger partial charge in [0.05, 0.1) is 5.69 Å². The van der Waals surface area contributed by atoms with Gasteiger partial charge in [0.25, 0.3) is 10.1 Å². The number of hydrogen-bond acceptors (Lipinski definition) is 7. The third-order valence-electron chi connectivity index (χ3n) is 3.80. The lowest BCUT2D eigenvalue weighted by Gasteiger charge is -2.18. The first-order chi connectivity index (χ1) is 11.5. The molecule has 10 heteroatoms. The number of fused-ring (bicyclic) bond motifs is 1. The van der Waals surface area contributed by atoms with Gasteiger partial charge >= 0.3 is 0 Å². The largest absolute Gasteiger partial charge is 0.359 e. The number of nitrogens with one attached hydrogen (secondary N) is 2. The molecule has 2 aromatic rings. The van der Waals surface area contributed by atoms with E-state index in [0.29, 0.717) is 0 Å². The van der Waals surface area contributed by atoms with Crippen LogP contribution in [0.5, 0.6) is 0 Å². The molecule has 0 spiro atoms. The van der Waals surface area contributed by atoms with Crippen molar-refractivity contribution in [2.45, 2.75) is 30.6 Å². The number of benzene rings is 1. The highest BCUT2D eigenvalue weighted by Crippen LogP contribution is 2.30. The zero-order valence-electron chi connectivity index (χ0n) is 12.5. The molecule has 0 saturated heterocycles. The molecule has 0 atom stereocenters. The summed E-state index contributed by atoms with van der Waals surface area (Å²) in [7, 11) is -4.40. The van der Waals surface area contributed by atoms with Gasteiger partial charge in [0.15, 0.2) is 0 Å². The molecule has 1 aromatic carbocycles. The summed E-state index contributed by atoms with van der Waals surface area (Å²) >= 11 is 0. The van der Waals surface area contributed by atoms with Gasteiger partial charge in [-0.25, -0.2) is 0 Å². The van der Waals surface area contributed by atoms with E-state index in [1.54, 1.807) is 6.07 Å². The normalized spacial score (nSPS) is 14.8. The highest BCUT2D eigenvalue weighted by Gasteiger charge is 2.20. The van der Waals surface area contributed by atoms with E-state index >= 15 is 0 Å². The van der Waals surface area contributed by atoms with Gasteiger partial charge in [-0.2, -0.15) is 18.9 Å². The van der Waals surface area contributed by atoms with E-state index in [-0.39, 0.29) is 22.0 Å². The smallest absolute Gasteiger partial charge is 0.296 e. The Morgan fingerprint density at radius 2 is 2.04 bits per heavy atom. The molecule has 24 heavy (non-hydrogen) atoms. The molecule has 0 fully saturated rings. The van der Waals surface area contributed by atoms with Gasteiger partial charge in [0.2, 0.25) is 5.82 Å². The van der Waals surface area contributed by atoms with Crippen molar-refractivity contribution in [1.29, 1.82) is 5.26 Å². The molecule has 9 nitrogen and oxygen atoms in total. The average molecular weight is 346 g/mol. The third-order valence-corrected chi connectivity index (χ3v) is 4.69. The first-order valence-corrected chi connectivity index (χ1v) is 8.67. The van der Waals surface area contributed by atoms with E-state index in [4.69, 9.17) is 5.26 Å². The zero-order valence-corrected chi connectivity index (χ0v) is 13.3. The van der Waals surface area contributed by atoms with E-state index in [1.807, 2.05) is 6.07 Å². The molecule has 0 saturated carbocycles. The van der Waals surface area contributed by atoms with E-state index < -0.39 is 10.1 Å². The number of anilines is 1. The van der Waals surface area contributed by atoms with Crippen molar-refractivity contribution in [3.8, 4) is 6.07 Å². The molecule has 0 aliphatic heterocycles. The molecular weight excluding hydrogens is 332 g/mol. The fourth-order valence-electron chi connectivity index (χ4n) is 2.66. The quantitative estimate of drug-likeness (QED) is 0.555. The molecule has 0 unspecified atom stereocenters. The Morgan fingerprint density at radius 1 is 1.33 bits per heavy atom.